The average Bonchev–Trinajstić information content (AvgIpc) is 3.10. The van der Waals surface area contributed by atoms with Crippen molar-refractivity contribution in [1.82, 2.24) is 4.98 Å². The fourth-order valence-electron chi connectivity index (χ4n) is 2.65. The third-order valence-electron chi connectivity index (χ3n) is 3.78. The highest BCUT2D eigenvalue weighted by molar-refractivity contribution is 7.15. The summed E-state index contributed by atoms with van der Waals surface area (Å²) in [4.78, 5) is 7.61. The van der Waals surface area contributed by atoms with E-state index in [0.717, 1.165) is 22.4 Å². The Kier molecular flexibility index (Phi) is 4.01. The van der Waals surface area contributed by atoms with Crippen LogP contribution in [0.5, 0.6) is 5.88 Å². The van der Waals surface area contributed by atoms with E-state index in [4.69, 9.17) is 4.74 Å². The number of thiazole rings is 1. The molecule has 1 N–H and O–H groups in total. The van der Waals surface area contributed by atoms with Crippen LogP contribution in [-0.4, -0.2) is 26.2 Å². The highest BCUT2D eigenvalue weighted by Gasteiger charge is 2.14. The number of aromatic nitrogens is 1. The maximum Gasteiger partial charge on any atom is 0.231 e. The second-order valence-corrected chi connectivity index (χ2v) is 6.58. The van der Waals surface area contributed by atoms with Crippen molar-refractivity contribution in [1.29, 1.82) is 0 Å². The molecule has 1 heterocycles. The summed E-state index contributed by atoms with van der Waals surface area (Å²) in [5.41, 5.74) is 4.17. The van der Waals surface area contributed by atoms with Gasteiger partial charge in [0.2, 0.25) is 5.88 Å². The molecule has 3 rings (SSSR count). The number of aryl methyl sites for hydroxylation is 2. The SMILES string of the molecule is COc1nc(N(C)C)sc1CNc1ccc2c(c1)CCC2. The molecule has 0 saturated heterocycles. The van der Waals surface area contributed by atoms with E-state index in [1.165, 1.54) is 36.1 Å². The van der Waals surface area contributed by atoms with Crippen LogP contribution in [0.25, 0.3) is 0 Å². The normalized spacial score (nSPS) is 13.1. The lowest BCUT2D eigenvalue weighted by Crippen LogP contribution is -2.07. The Morgan fingerprint density at radius 1 is 1.29 bits per heavy atom. The molecule has 4 nitrogen and oxygen atoms in total. The Hall–Kier alpha value is -1.75. The zero-order valence-corrected chi connectivity index (χ0v) is 13.6. The third-order valence-corrected chi connectivity index (χ3v) is 4.98. The van der Waals surface area contributed by atoms with E-state index in [0.29, 0.717) is 0 Å². The van der Waals surface area contributed by atoms with Crippen molar-refractivity contribution in [3.63, 3.8) is 0 Å². The van der Waals surface area contributed by atoms with Crippen LogP contribution in [0.1, 0.15) is 22.4 Å². The first-order valence-electron chi connectivity index (χ1n) is 7.24. The summed E-state index contributed by atoms with van der Waals surface area (Å²) in [6.07, 6.45) is 3.72. The van der Waals surface area contributed by atoms with Crippen LogP contribution < -0.4 is 15.0 Å². The van der Waals surface area contributed by atoms with Gasteiger partial charge in [-0.2, -0.15) is 4.98 Å². The van der Waals surface area contributed by atoms with Crippen LogP contribution in [0.3, 0.4) is 0 Å². The van der Waals surface area contributed by atoms with E-state index in [1.807, 2.05) is 19.0 Å². The summed E-state index contributed by atoms with van der Waals surface area (Å²) < 4.78 is 5.37. The summed E-state index contributed by atoms with van der Waals surface area (Å²) in [6, 6.07) is 6.70. The predicted octanol–water partition coefficient (Wildman–Crippen LogP) is 3.32. The number of benzene rings is 1. The van der Waals surface area contributed by atoms with E-state index in [9.17, 15) is 0 Å². The molecule has 0 radical (unpaired) electrons. The first-order chi connectivity index (χ1) is 10.2. The average molecular weight is 303 g/mol. The van der Waals surface area contributed by atoms with Crippen LogP contribution in [0, 0.1) is 0 Å². The smallest absolute Gasteiger partial charge is 0.231 e. The first kappa shape index (κ1) is 14.2. The molecule has 0 unspecified atom stereocenters. The molecule has 0 atom stereocenters. The van der Waals surface area contributed by atoms with Crippen molar-refractivity contribution in [2.24, 2.45) is 0 Å². The lowest BCUT2D eigenvalue weighted by atomic mass is 10.1. The minimum atomic E-state index is 0.720. The monoisotopic (exact) mass is 303 g/mol. The van der Waals surface area contributed by atoms with Crippen LogP contribution in [0.15, 0.2) is 18.2 Å². The van der Waals surface area contributed by atoms with Gasteiger partial charge in [0.05, 0.1) is 18.5 Å². The molecule has 0 saturated carbocycles. The maximum atomic E-state index is 5.37. The quantitative estimate of drug-likeness (QED) is 0.919. The van der Waals surface area contributed by atoms with E-state index < -0.39 is 0 Å². The van der Waals surface area contributed by atoms with E-state index >= 15 is 0 Å². The number of hydrogen-bond acceptors (Lipinski definition) is 5. The second-order valence-electron chi connectivity index (χ2n) is 5.51. The Labute approximate surface area is 129 Å². The van der Waals surface area contributed by atoms with Gasteiger partial charge in [-0.1, -0.05) is 17.4 Å². The molecule has 112 valence electrons. The van der Waals surface area contributed by atoms with Gasteiger partial charge in [-0.3, -0.25) is 0 Å². The Morgan fingerprint density at radius 2 is 2.10 bits per heavy atom. The fourth-order valence-corrected chi connectivity index (χ4v) is 3.54. The molecular weight excluding hydrogens is 282 g/mol. The van der Waals surface area contributed by atoms with Gasteiger partial charge in [-0.25, -0.2) is 0 Å². The summed E-state index contributed by atoms with van der Waals surface area (Å²) in [6.45, 7) is 0.744. The highest BCUT2D eigenvalue weighted by Crippen LogP contribution is 2.31. The van der Waals surface area contributed by atoms with E-state index in [2.05, 4.69) is 28.5 Å². The standard InChI is InChI=1S/C16H21N3OS/c1-19(2)16-18-15(20-3)14(21-16)10-17-13-8-7-11-5-4-6-12(11)9-13/h7-9,17H,4-6,10H2,1-3H3. The summed E-state index contributed by atoms with van der Waals surface area (Å²) in [7, 11) is 5.67. The molecule has 0 bridgehead atoms. The molecule has 1 aromatic carbocycles. The molecule has 1 aliphatic rings. The molecule has 0 amide bonds. The Bertz CT molecular complexity index is 636. The molecule has 0 spiro atoms. The van der Waals surface area contributed by atoms with Crippen molar-refractivity contribution in [3.8, 4) is 5.88 Å². The van der Waals surface area contributed by atoms with Crippen LogP contribution >= 0.6 is 11.3 Å². The summed E-state index contributed by atoms with van der Waals surface area (Å²) in [5.74, 6) is 0.720. The molecule has 1 aliphatic carbocycles. The number of nitrogens with zero attached hydrogens (tertiary/aromatic N) is 2. The number of fused-ring (bicyclic) bond motifs is 1. The number of rotatable bonds is 5. The molecule has 21 heavy (non-hydrogen) atoms. The number of hydrogen-bond donors (Lipinski definition) is 1. The summed E-state index contributed by atoms with van der Waals surface area (Å²) >= 11 is 1.66. The number of ether oxygens (including phenoxy) is 1. The van der Waals surface area contributed by atoms with Crippen LogP contribution in [0.2, 0.25) is 0 Å². The van der Waals surface area contributed by atoms with Crippen molar-refractivity contribution < 1.29 is 4.74 Å². The molecule has 1 aromatic heterocycles. The fraction of sp³-hybridized carbons (Fsp3) is 0.438. The maximum absolute atomic E-state index is 5.37. The summed E-state index contributed by atoms with van der Waals surface area (Å²) in [5, 5.41) is 4.46. The van der Waals surface area contributed by atoms with Gasteiger partial charge in [0.1, 0.15) is 0 Å². The largest absolute Gasteiger partial charge is 0.480 e. The second kappa shape index (κ2) is 5.93. The Balaban J connectivity index is 1.72. The number of nitrogens with one attached hydrogen (secondary N) is 1. The number of anilines is 2. The molecule has 0 fully saturated rings. The van der Waals surface area contributed by atoms with Gasteiger partial charge < -0.3 is 15.0 Å². The molecule has 0 aliphatic heterocycles. The van der Waals surface area contributed by atoms with E-state index in [-0.39, 0.29) is 0 Å². The lowest BCUT2D eigenvalue weighted by molar-refractivity contribution is 0.397. The van der Waals surface area contributed by atoms with Crippen molar-refractivity contribution in [3.05, 3.63) is 34.2 Å². The van der Waals surface area contributed by atoms with Crippen LogP contribution in [-0.2, 0) is 19.4 Å². The zero-order chi connectivity index (χ0) is 14.8. The predicted molar refractivity (Wildman–Crippen MR) is 88.8 cm³/mol. The molecular formula is C16H21N3OS. The lowest BCUT2D eigenvalue weighted by Gasteiger charge is -2.08. The van der Waals surface area contributed by atoms with Gasteiger partial charge in [0.25, 0.3) is 0 Å². The van der Waals surface area contributed by atoms with Gasteiger partial charge in [-0.15, -0.1) is 0 Å². The molecule has 5 heteroatoms. The van der Waals surface area contributed by atoms with E-state index in [1.54, 1.807) is 18.4 Å². The van der Waals surface area contributed by atoms with Gasteiger partial charge in [0.15, 0.2) is 5.13 Å². The third kappa shape index (κ3) is 2.97. The van der Waals surface area contributed by atoms with Gasteiger partial charge in [0, 0.05) is 19.8 Å². The number of methoxy groups -OCH3 is 1. The Morgan fingerprint density at radius 3 is 2.86 bits per heavy atom. The minimum absolute atomic E-state index is 0.720. The molecule has 2 aromatic rings. The van der Waals surface area contributed by atoms with Crippen molar-refractivity contribution in [2.75, 3.05) is 31.4 Å². The van der Waals surface area contributed by atoms with Crippen molar-refractivity contribution >= 4 is 22.2 Å². The minimum Gasteiger partial charge on any atom is -0.480 e. The van der Waals surface area contributed by atoms with Crippen LogP contribution in [0.4, 0.5) is 10.8 Å². The van der Waals surface area contributed by atoms with Gasteiger partial charge in [-0.05, 0) is 42.5 Å². The highest BCUT2D eigenvalue weighted by atomic mass is 32.1. The van der Waals surface area contributed by atoms with Gasteiger partial charge >= 0.3 is 0 Å². The first-order valence-corrected chi connectivity index (χ1v) is 8.05. The zero-order valence-electron chi connectivity index (χ0n) is 12.8. The van der Waals surface area contributed by atoms with Crippen molar-refractivity contribution in [2.45, 2.75) is 25.8 Å². The topological polar surface area (TPSA) is 37.4 Å².